The highest BCUT2D eigenvalue weighted by molar-refractivity contribution is 5.80. The van der Waals surface area contributed by atoms with Crippen LogP contribution < -0.4 is 16.0 Å². The monoisotopic (exact) mass is 336 g/mol. The van der Waals surface area contributed by atoms with Gasteiger partial charge in [-0.05, 0) is 56.8 Å². The lowest BCUT2D eigenvalue weighted by atomic mass is 9.80. The van der Waals surface area contributed by atoms with Gasteiger partial charge in [-0.15, -0.1) is 0 Å². The zero-order valence-corrected chi connectivity index (χ0v) is 15.7. The van der Waals surface area contributed by atoms with Crippen molar-refractivity contribution in [2.24, 2.45) is 22.7 Å². The minimum Gasteiger partial charge on any atom is -0.356 e. The first kappa shape index (κ1) is 19.1. The van der Waals surface area contributed by atoms with Crippen LogP contribution >= 0.6 is 0 Å². The van der Waals surface area contributed by atoms with Crippen molar-refractivity contribution in [3.8, 4) is 0 Å². The summed E-state index contributed by atoms with van der Waals surface area (Å²) in [4.78, 5) is 16.1. The molecule has 2 fully saturated rings. The molecule has 138 valence electrons. The molecule has 3 N–H and O–H groups in total. The summed E-state index contributed by atoms with van der Waals surface area (Å²) < 4.78 is 0. The standard InChI is InChI=1S/C19H36N4O/c1-14(2)15-8-10-17(11-9-15)23-19(20-3)22-13-5-12-21-18(24)16-6-4-7-16/h14-17H,4-13H2,1-3H3,(H,21,24)(H2,20,22,23). The maximum atomic E-state index is 11.7. The molecule has 5 heteroatoms. The lowest BCUT2D eigenvalue weighted by molar-refractivity contribution is -0.127. The van der Waals surface area contributed by atoms with Crippen LogP contribution in [0.25, 0.3) is 0 Å². The molecule has 0 aromatic heterocycles. The Balaban J connectivity index is 1.55. The Hall–Kier alpha value is -1.26. The van der Waals surface area contributed by atoms with E-state index in [1.807, 2.05) is 7.05 Å². The van der Waals surface area contributed by atoms with Crippen LogP contribution in [0.5, 0.6) is 0 Å². The molecular formula is C19H36N4O. The highest BCUT2D eigenvalue weighted by atomic mass is 16.1. The first-order chi connectivity index (χ1) is 11.6. The van der Waals surface area contributed by atoms with Crippen molar-refractivity contribution < 1.29 is 4.79 Å². The zero-order chi connectivity index (χ0) is 17.4. The molecule has 0 saturated heterocycles. The van der Waals surface area contributed by atoms with Crippen molar-refractivity contribution in [2.45, 2.75) is 71.3 Å². The van der Waals surface area contributed by atoms with E-state index in [0.29, 0.717) is 6.04 Å². The first-order valence-corrected chi connectivity index (χ1v) is 9.85. The lowest BCUT2D eigenvalue weighted by Crippen LogP contribution is -2.45. The van der Waals surface area contributed by atoms with Gasteiger partial charge in [0.05, 0.1) is 0 Å². The van der Waals surface area contributed by atoms with Crippen LogP contribution in [0.15, 0.2) is 4.99 Å². The first-order valence-electron chi connectivity index (χ1n) is 9.85. The molecule has 2 rings (SSSR count). The number of carbonyl (C=O) groups is 1. The smallest absolute Gasteiger partial charge is 0.223 e. The molecule has 2 aliphatic carbocycles. The number of carbonyl (C=O) groups excluding carboxylic acids is 1. The van der Waals surface area contributed by atoms with Gasteiger partial charge in [-0.25, -0.2) is 0 Å². The topological polar surface area (TPSA) is 65.5 Å². The molecule has 1 amide bonds. The van der Waals surface area contributed by atoms with Crippen molar-refractivity contribution in [3.05, 3.63) is 0 Å². The van der Waals surface area contributed by atoms with Crippen molar-refractivity contribution in [3.63, 3.8) is 0 Å². The third-order valence-electron chi connectivity index (χ3n) is 5.70. The molecule has 0 heterocycles. The number of rotatable bonds is 7. The highest BCUT2D eigenvalue weighted by Crippen LogP contribution is 2.29. The molecule has 0 spiro atoms. The zero-order valence-electron chi connectivity index (χ0n) is 15.7. The van der Waals surface area contributed by atoms with Crippen LogP contribution in [0.1, 0.15) is 65.2 Å². The Bertz CT molecular complexity index is 410. The molecule has 0 aliphatic heterocycles. The van der Waals surface area contributed by atoms with Crippen LogP contribution in [0.3, 0.4) is 0 Å². The van der Waals surface area contributed by atoms with Gasteiger partial charge in [0.15, 0.2) is 5.96 Å². The summed E-state index contributed by atoms with van der Waals surface area (Å²) >= 11 is 0. The van der Waals surface area contributed by atoms with Gasteiger partial charge >= 0.3 is 0 Å². The van der Waals surface area contributed by atoms with Gasteiger partial charge in [-0.2, -0.15) is 0 Å². The van der Waals surface area contributed by atoms with Gasteiger partial charge in [0, 0.05) is 32.1 Å². The second-order valence-corrected chi connectivity index (χ2v) is 7.77. The van der Waals surface area contributed by atoms with E-state index in [-0.39, 0.29) is 11.8 Å². The third kappa shape index (κ3) is 5.99. The average molecular weight is 337 g/mol. The fourth-order valence-corrected chi connectivity index (χ4v) is 3.64. The number of hydrogen-bond acceptors (Lipinski definition) is 2. The third-order valence-corrected chi connectivity index (χ3v) is 5.70. The Morgan fingerprint density at radius 2 is 1.71 bits per heavy atom. The summed E-state index contributed by atoms with van der Waals surface area (Å²) in [5.41, 5.74) is 0. The largest absolute Gasteiger partial charge is 0.356 e. The van der Waals surface area contributed by atoms with Gasteiger partial charge in [-0.1, -0.05) is 20.3 Å². The van der Waals surface area contributed by atoms with E-state index in [0.717, 1.165) is 50.1 Å². The van der Waals surface area contributed by atoms with Crippen LogP contribution in [0, 0.1) is 17.8 Å². The van der Waals surface area contributed by atoms with E-state index in [1.165, 1.54) is 32.1 Å². The molecule has 2 aliphatic rings. The predicted molar refractivity (Wildman–Crippen MR) is 100 cm³/mol. The molecule has 0 radical (unpaired) electrons. The molecule has 0 aromatic carbocycles. The Kier molecular flexibility index (Phi) is 7.86. The number of hydrogen-bond donors (Lipinski definition) is 3. The molecule has 5 nitrogen and oxygen atoms in total. The second-order valence-electron chi connectivity index (χ2n) is 7.77. The van der Waals surface area contributed by atoms with Gasteiger partial charge in [-0.3, -0.25) is 9.79 Å². The molecular weight excluding hydrogens is 300 g/mol. The Morgan fingerprint density at radius 1 is 1.04 bits per heavy atom. The summed E-state index contributed by atoms with van der Waals surface area (Å²) in [6, 6.07) is 0.546. The van der Waals surface area contributed by atoms with Crippen molar-refractivity contribution >= 4 is 11.9 Å². The van der Waals surface area contributed by atoms with E-state index < -0.39 is 0 Å². The summed E-state index contributed by atoms with van der Waals surface area (Å²) in [7, 11) is 1.83. The number of aliphatic imine (C=N–C) groups is 1. The summed E-state index contributed by atoms with van der Waals surface area (Å²) in [6.07, 6.45) is 9.39. The molecule has 0 unspecified atom stereocenters. The molecule has 24 heavy (non-hydrogen) atoms. The summed E-state index contributed by atoms with van der Waals surface area (Å²) in [5, 5.41) is 9.96. The van der Waals surface area contributed by atoms with E-state index in [9.17, 15) is 4.79 Å². The second kappa shape index (κ2) is 9.90. The van der Waals surface area contributed by atoms with Crippen molar-refractivity contribution in [1.82, 2.24) is 16.0 Å². The van der Waals surface area contributed by atoms with Crippen molar-refractivity contribution in [2.75, 3.05) is 20.1 Å². The minimum atomic E-state index is 0.241. The molecule has 0 aromatic rings. The number of amides is 1. The minimum absolute atomic E-state index is 0.241. The van der Waals surface area contributed by atoms with Crippen molar-refractivity contribution in [1.29, 1.82) is 0 Å². The highest BCUT2D eigenvalue weighted by Gasteiger charge is 2.25. The summed E-state index contributed by atoms with van der Waals surface area (Å²) in [6.45, 7) is 6.26. The van der Waals surface area contributed by atoms with Crippen LogP contribution in [-0.4, -0.2) is 38.0 Å². The van der Waals surface area contributed by atoms with E-state index >= 15 is 0 Å². The molecule has 2 saturated carbocycles. The van der Waals surface area contributed by atoms with Gasteiger partial charge in [0.25, 0.3) is 0 Å². The lowest BCUT2D eigenvalue weighted by Gasteiger charge is -2.32. The average Bonchev–Trinajstić information content (AvgIpc) is 2.52. The van der Waals surface area contributed by atoms with Gasteiger partial charge in [0.2, 0.25) is 5.91 Å². The SMILES string of the molecule is CN=C(NCCCNC(=O)C1CCC1)NC1CCC(C(C)C)CC1. The fraction of sp³-hybridized carbons (Fsp3) is 0.895. The molecule has 0 atom stereocenters. The van der Waals surface area contributed by atoms with E-state index in [4.69, 9.17) is 0 Å². The summed E-state index contributed by atoms with van der Waals surface area (Å²) in [5.74, 6) is 3.11. The van der Waals surface area contributed by atoms with Crippen LogP contribution in [-0.2, 0) is 4.79 Å². The maximum Gasteiger partial charge on any atom is 0.223 e. The predicted octanol–water partition coefficient (Wildman–Crippen LogP) is 2.67. The quantitative estimate of drug-likeness (QED) is 0.380. The van der Waals surface area contributed by atoms with E-state index in [1.54, 1.807) is 0 Å². The van der Waals surface area contributed by atoms with E-state index in [2.05, 4.69) is 34.8 Å². The van der Waals surface area contributed by atoms with Gasteiger partial charge < -0.3 is 16.0 Å². The number of nitrogens with one attached hydrogen (secondary N) is 3. The fourth-order valence-electron chi connectivity index (χ4n) is 3.64. The Labute approximate surface area is 147 Å². The number of nitrogens with zero attached hydrogens (tertiary/aromatic N) is 1. The normalized spacial score (nSPS) is 25.2. The van der Waals surface area contributed by atoms with Crippen LogP contribution in [0.4, 0.5) is 0 Å². The molecule has 0 bridgehead atoms. The maximum absolute atomic E-state index is 11.7. The Morgan fingerprint density at radius 3 is 2.25 bits per heavy atom. The number of guanidine groups is 1. The van der Waals surface area contributed by atoms with Crippen LogP contribution in [0.2, 0.25) is 0 Å². The van der Waals surface area contributed by atoms with Gasteiger partial charge in [0.1, 0.15) is 0 Å².